The Kier molecular flexibility index (Phi) is 7.18. The molecule has 5 atom stereocenters. The maximum Gasteiger partial charge on any atom is 0.417 e. The van der Waals surface area contributed by atoms with Gasteiger partial charge >= 0.3 is 18.0 Å². The summed E-state index contributed by atoms with van der Waals surface area (Å²) in [5, 5.41) is 11.0. The van der Waals surface area contributed by atoms with Crippen LogP contribution in [-0.2, 0) is 9.47 Å². The van der Waals surface area contributed by atoms with Crippen molar-refractivity contribution in [2.75, 3.05) is 6.54 Å². The van der Waals surface area contributed by atoms with Gasteiger partial charge in [0.2, 0.25) is 0 Å². The van der Waals surface area contributed by atoms with E-state index in [1.165, 1.54) is 4.90 Å². The number of aliphatic hydroxyl groups is 1. The largest absolute Gasteiger partial charge is 0.455 e. The molecule has 0 unspecified atom stereocenters. The Morgan fingerprint density at radius 3 is 1.73 bits per heavy atom. The fraction of sp³-hybridized carbons (Fsp3) is 0.276. The fourth-order valence-electron chi connectivity index (χ4n) is 5.04. The lowest BCUT2D eigenvalue weighted by Crippen LogP contribution is -2.45. The first-order chi connectivity index (χ1) is 18.0. The molecule has 3 aromatic carbocycles. The van der Waals surface area contributed by atoms with Crippen molar-refractivity contribution in [3.05, 3.63) is 102 Å². The van der Waals surface area contributed by atoms with Crippen LogP contribution in [0.15, 0.2) is 91.0 Å². The van der Waals surface area contributed by atoms with Crippen molar-refractivity contribution in [2.45, 2.75) is 31.3 Å². The van der Waals surface area contributed by atoms with E-state index in [-0.39, 0.29) is 24.8 Å². The number of amides is 1. The van der Waals surface area contributed by atoms with E-state index in [2.05, 4.69) is 0 Å². The highest BCUT2D eigenvalue weighted by atomic mass is 16.6. The highest BCUT2D eigenvalue weighted by molar-refractivity contribution is 5.90. The summed E-state index contributed by atoms with van der Waals surface area (Å²) < 4.78 is 17.1. The third kappa shape index (κ3) is 5.49. The molecule has 190 valence electrons. The molecular weight excluding hydrogens is 474 g/mol. The molecule has 37 heavy (non-hydrogen) atoms. The van der Waals surface area contributed by atoms with Gasteiger partial charge in [-0.15, -0.1) is 0 Å². The van der Waals surface area contributed by atoms with Gasteiger partial charge in [-0.25, -0.2) is 14.4 Å². The molecule has 1 saturated heterocycles. The van der Waals surface area contributed by atoms with Crippen LogP contribution in [0.2, 0.25) is 0 Å². The van der Waals surface area contributed by atoms with Gasteiger partial charge in [0, 0.05) is 12.5 Å². The second-order valence-electron chi connectivity index (χ2n) is 9.26. The number of para-hydroxylation sites is 1. The molecule has 2 aliphatic rings. The van der Waals surface area contributed by atoms with Gasteiger partial charge in [0.15, 0.2) is 0 Å². The zero-order valence-electron chi connectivity index (χ0n) is 20.0. The van der Waals surface area contributed by atoms with Gasteiger partial charge in [-0.1, -0.05) is 54.6 Å². The molecule has 8 nitrogen and oxygen atoms in total. The van der Waals surface area contributed by atoms with Crippen molar-refractivity contribution in [1.82, 2.24) is 4.90 Å². The molecule has 0 aromatic heterocycles. The number of fused-ring (bicyclic) bond motifs is 1. The van der Waals surface area contributed by atoms with E-state index >= 15 is 0 Å². The van der Waals surface area contributed by atoms with E-state index < -0.39 is 36.5 Å². The molecule has 3 aromatic rings. The molecule has 1 aliphatic heterocycles. The molecule has 1 saturated carbocycles. The smallest absolute Gasteiger partial charge is 0.417 e. The van der Waals surface area contributed by atoms with E-state index in [1.54, 1.807) is 84.9 Å². The number of benzene rings is 3. The topological polar surface area (TPSA) is 102 Å². The number of carbonyl (C=O) groups is 3. The standard InChI is InChI=1S/C29H27NO7/c31-26-23-17-25(37-28(33)20-12-6-2-7-13-20)24(36-27(32)19-10-4-1-5-11-19)16-21(23)18-30(26)29(34)35-22-14-8-3-9-15-22/h1-15,21,23-26,31H,16-18H2/t21-,23-,24+,25-,26+/m1/s1. The molecule has 1 N–H and O–H groups in total. The zero-order valence-corrected chi connectivity index (χ0v) is 20.0. The zero-order chi connectivity index (χ0) is 25.8. The summed E-state index contributed by atoms with van der Waals surface area (Å²) in [5.74, 6) is -1.23. The number of aliphatic hydroxyl groups excluding tert-OH is 1. The Morgan fingerprint density at radius 2 is 1.19 bits per heavy atom. The maximum atomic E-state index is 12.9. The van der Waals surface area contributed by atoms with Gasteiger partial charge in [-0.3, -0.25) is 4.90 Å². The number of esters is 2. The Bertz CT molecular complexity index is 1230. The molecular formula is C29H27NO7. The first-order valence-corrected chi connectivity index (χ1v) is 12.2. The van der Waals surface area contributed by atoms with Crippen LogP contribution >= 0.6 is 0 Å². The molecule has 0 radical (unpaired) electrons. The normalized spacial score (nSPS) is 24.6. The van der Waals surface area contributed by atoms with Gasteiger partial charge in [-0.05, 0) is 55.2 Å². The van der Waals surface area contributed by atoms with E-state index in [0.717, 1.165) is 0 Å². The quantitative estimate of drug-likeness (QED) is 0.520. The van der Waals surface area contributed by atoms with Crippen LogP contribution < -0.4 is 4.74 Å². The summed E-state index contributed by atoms with van der Waals surface area (Å²) in [4.78, 5) is 39.8. The molecule has 0 spiro atoms. The lowest BCUT2D eigenvalue weighted by molar-refractivity contribution is -0.0840. The maximum absolute atomic E-state index is 12.9. The Hall–Kier alpha value is -4.17. The average Bonchev–Trinajstić information content (AvgIpc) is 3.25. The first kappa shape index (κ1) is 24.5. The van der Waals surface area contributed by atoms with Crippen LogP contribution in [0.4, 0.5) is 4.79 Å². The Labute approximate surface area is 214 Å². The van der Waals surface area contributed by atoms with Gasteiger partial charge in [0.1, 0.15) is 24.2 Å². The number of nitrogens with zero attached hydrogens (tertiary/aromatic N) is 1. The van der Waals surface area contributed by atoms with E-state index in [1.807, 2.05) is 6.07 Å². The predicted octanol–water partition coefficient (Wildman–Crippen LogP) is 4.30. The summed E-state index contributed by atoms with van der Waals surface area (Å²) in [5.41, 5.74) is 0.759. The summed E-state index contributed by atoms with van der Waals surface area (Å²) in [6, 6.07) is 25.8. The summed E-state index contributed by atoms with van der Waals surface area (Å²) >= 11 is 0. The van der Waals surface area contributed by atoms with Crippen LogP contribution in [0, 0.1) is 11.8 Å². The minimum Gasteiger partial charge on any atom is -0.455 e. The van der Waals surface area contributed by atoms with E-state index in [4.69, 9.17) is 14.2 Å². The van der Waals surface area contributed by atoms with Crippen molar-refractivity contribution in [3.8, 4) is 5.75 Å². The summed E-state index contributed by atoms with van der Waals surface area (Å²) in [6.07, 6.45) is -2.76. The number of likely N-dealkylation sites (tertiary alicyclic amines) is 1. The van der Waals surface area contributed by atoms with Gasteiger partial charge in [-0.2, -0.15) is 0 Å². The number of carbonyl (C=O) groups excluding carboxylic acids is 3. The first-order valence-electron chi connectivity index (χ1n) is 12.2. The number of ether oxygens (including phenoxy) is 3. The SMILES string of the molecule is O=C(O[C@H]1C[C@@H]2CN(C(=O)Oc3ccccc3)[C@@H](O)[C@@H]2C[C@H]1OC(=O)c1ccccc1)c1ccccc1. The van der Waals surface area contributed by atoms with Gasteiger partial charge in [0.25, 0.3) is 0 Å². The lowest BCUT2D eigenvalue weighted by Gasteiger charge is -2.37. The second kappa shape index (κ2) is 10.8. The van der Waals surface area contributed by atoms with Gasteiger partial charge < -0.3 is 19.3 Å². The van der Waals surface area contributed by atoms with Gasteiger partial charge in [0.05, 0.1) is 11.1 Å². The third-order valence-electron chi connectivity index (χ3n) is 6.91. The van der Waals surface area contributed by atoms with Crippen molar-refractivity contribution in [2.24, 2.45) is 11.8 Å². The molecule has 1 heterocycles. The third-order valence-corrected chi connectivity index (χ3v) is 6.91. The monoisotopic (exact) mass is 501 g/mol. The lowest BCUT2D eigenvalue weighted by atomic mass is 9.77. The molecule has 5 rings (SSSR count). The van der Waals surface area contributed by atoms with E-state index in [0.29, 0.717) is 23.3 Å². The fourth-order valence-corrected chi connectivity index (χ4v) is 5.04. The molecule has 8 heteroatoms. The molecule has 2 fully saturated rings. The summed E-state index contributed by atoms with van der Waals surface area (Å²) in [7, 11) is 0. The van der Waals surface area contributed by atoms with Crippen LogP contribution in [-0.4, -0.2) is 53.0 Å². The highest BCUT2D eigenvalue weighted by Crippen LogP contribution is 2.42. The van der Waals surface area contributed by atoms with Crippen molar-refractivity contribution in [1.29, 1.82) is 0 Å². The Morgan fingerprint density at radius 1 is 0.703 bits per heavy atom. The molecule has 0 bridgehead atoms. The van der Waals surface area contributed by atoms with Crippen LogP contribution in [0.1, 0.15) is 33.6 Å². The molecule has 1 amide bonds. The van der Waals surface area contributed by atoms with Crippen LogP contribution in [0.3, 0.4) is 0 Å². The predicted molar refractivity (Wildman–Crippen MR) is 133 cm³/mol. The van der Waals surface area contributed by atoms with Crippen molar-refractivity contribution < 1.29 is 33.7 Å². The van der Waals surface area contributed by atoms with Crippen LogP contribution in [0.5, 0.6) is 5.75 Å². The number of hydrogen-bond donors (Lipinski definition) is 1. The number of hydrogen-bond acceptors (Lipinski definition) is 7. The van der Waals surface area contributed by atoms with Crippen molar-refractivity contribution >= 4 is 18.0 Å². The molecule has 1 aliphatic carbocycles. The summed E-state index contributed by atoms with van der Waals surface area (Å²) in [6.45, 7) is 0.232. The van der Waals surface area contributed by atoms with E-state index in [9.17, 15) is 19.5 Å². The second-order valence-corrected chi connectivity index (χ2v) is 9.26. The van der Waals surface area contributed by atoms with Crippen LogP contribution in [0.25, 0.3) is 0 Å². The highest BCUT2D eigenvalue weighted by Gasteiger charge is 2.51. The van der Waals surface area contributed by atoms with Crippen molar-refractivity contribution in [3.63, 3.8) is 0 Å². The Balaban J connectivity index is 1.33. The minimum absolute atomic E-state index is 0.168. The average molecular weight is 502 g/mol. The minimum atomic E-state index is -1.12. The number of rotatable bonds is 5.